The molecule has 0 unspecified atom stereocenters. The molecule has 2 aromatic heterocycles. The Hall–Kier alpha value is -2.64. The first-order chi connectivity index (χ1) is 7.66. The molecule has 0 aromatic carbocycles. The molecule has 2 rings (SSSR count). The maximum atomic E-state index is 11.6. The van der Waals surface area contributed by atoms with Crippen LogP contribution in [0, 0.1) is 0 Å². The number of aromatic nitrogens is 4. The predicted octanol–water partition coefficient (Wildman–Crippen LogP) is -0.673. The molecule has 8 nitrogen and oxygen atoms in total. The molecule has 0 fully saturated rings. The zero-order valence-electron chi connectivity index (χ0n) is 8.02. The summed E-state index contributed by atoms with van der Waals surface area (Å²) in [6.07, 6.45) is 1.33. The van der Waals surface area contributed by atoms with Crippen LogP contribution in [0.4, 0.5) is 11.5 Å². The average molecular weight is 220 g/mol. The molecule has 0 aliphatic carbocycles. The standard InChI is InChI=1S/C8H8N6O2/c9-4-3-10-14-7(4)8(16)11-5-1-2-6(15)13-12-5/h1-3H,9H2,(H,10,14)(H,13,15)(H,11,12,16). The van der Waals surface area contributed by atoms with E-state index in [1.54, 1.807) is 0 Å². The lowest BCUT2D eigenvalue weighted by Gasteiger charge is -2.01. The Bertz CT molecular complexity index is 551. The van der Waals surface area contributed by atoms with Crippen molar-refractivity contribution in [3.63, 3.8) is 0 Å². The fourth-order valence-electron chi connectivity index (χ4n) is 1.07. The Kier molecular flexibility index (Phi) is 2.38. The number of nitrogens with zero attached hydrogens (tertiary/aromatic N) is 2. The summed E-state index contributed by atoms with van der Waals surface area (Å²) in [5.41, 5.74) is 5.52. The van der Waals surface area contributed by atoms with Gasteiger partial charge in [0.1, 0.15) is 5.69 Å². The first-order valence-electron chi connectivity index (χ1n) is 4.33. The number of nitrogens with one attached hydrogen (secondary N) is 3. The molecule has 16 heavy (non-hydrogen) atoms. The number of amides is 1. The van der Waals surface area contributed by atoms with Gasteiger partial charge in [0.15, 0.2) is 5.82 Å². The van der Waals surface area contributed by atoms with Gasteiger partial charge in [-0.05, 0) is 6.07 Å². The number of carbonyl (C=O) groups is 1. The van der Waals surface area contributed by atoms with E-state index in [9.17, 15) is 9.59 Å². The van der Waals surface area contributed by atoms with Crippen LogP contribution in [0.5, 0.6) is 0 Å². The minimum atomic E-state index is -0.477. The molecule has 0 saturated carbocycles. The molecule has 2 heterocycles. The summed E-state index contributed by atoms with van der Waals surface area (Å²) in [6.45, 7) is 0. The van der Waals surface area contributed by atoms with Crippen LogP contribution >= 0.6 is 0 Å². The third-order valence-electron chi connectivity index (χ3n) is 1.82. The van der Waals surface area contributed by atoms with Gasteiger partial charge >= 0.3 is 0 Å². The van der Waals surface area contributed by atoms with E-state index in [1.165, 1.54) is 18.3 Å². The fourth-order valence-corrected chi connectivity index (χ4v) is 1.07. The van der Waals surface area contributed by atoms with Gasteiger partial charge in [-0.15, -0.1) is 0 Å². The average Bonchev–Trinajstić information content (AvgIpc) is 2.68. The normalized spacial score (nSPS) is 10.0. The van der Waals surface area contributed by atoms with Gasteiger partial charge in [-0.25, -0.2) is 5.10 Å². The van der Waals surface area contributed by atoms with Crippen molar-refractivity contribution in [3.8, 4) is 0 Å². The Labute approximate surface area is 88.9 Å². The van der Waals surface area contributed by atoms with Crippen molar-refractivity contribution in [3.05, 3.63) is 34.4 Å². The van der Waals surface area contributed by atoms with Crippen LogP contribution in [-0.2, 0) is 0 Å². The predicted molar refractivity (Wildman–Crippen MR) is 55.8 cm³/mol. The monoisotopic (exact) mass is 220 g/mol. The van der Waals surface area contributed by atoms with Gasteiger partial charge in [0.05, 0.1) is 11.9 Å². The molecule has 2 aromatic rings. The van der Waals surface area contributed by atoms with Gasteiger partial charge in [-0.1, -0.05) is 0 Å². The fraction of sp³-hybridized carbons (Fsp3) is 0. The second-order valence-electron chi connectivity index (χ2n) is 2.96. The molecule has 0 aliphatic rings. The number of H-pyrrole nitrogens is 2. The van der Waals surface area contributed by atoms with Gasteiger partial charge in [0, 0.05) is 6.07 Å². The Balaban J connectivity index is 2.17. The summed E-state index contributed by atoms with van der Waals surface area (Å²) < 4.78 is 0. The third kappa shape index (κ3) is 1.90. The highest BCUT2D eigenvalue weighted by molar-refractivity contribution is 6.05. The maximum Gasteiger partial charge on any atom is 0.277 e. The summed E-state index contributed by atoms with van der Waals surface area (Å²) in [4.78, 5) is 22.3. The Morgan fingerprint density at radius 3 is 2.75 bits per heavy atom. The second kappa shape index (κ2) is 3.85. The van der Waals surface area contributed by atoms with Gasteiger partial charge in [0.25, 0.3) is 11.5 Å². The van der Waals surface area contributed by atoms with E-state index in [-0.39, 0.29) is 22.8 Å². The van der Waals surface area contributed by atoms with Gasteiger partial charge < -0.3 is 11.1 Å². The van der Waals surface area contributed by atoms with Crippen LogP contribution in [0.25, 0.3) is 0 Å². The molecular formula is C8H8N6O2. The van der Waals surface area contributed by atoms with E-state index in [4.69, 9.17) is 5.73 Å². The molecule has 82 valence electrons. The van der Waals surface area contributed by atoms with Crippen LogP contribution in [0.1, 0.15) is 10.5 Å². The van der Waals surface area contributed by atoms with E-state index < -0.39 is 5.91 Å². The molecule has 0 saturated heterocycles. The number of nitrogens with two attached hydrogens (primary N) is 1. The van der Waals surface area contributed by atoms with Crippen molar-refractivity contribution in [2.24, 2.45) is 0 Å². The first-order valence-corrected chi connectivity index (χ1v) is 4.33. The van der Waals surface area contributed by atoms with E-state index in [2.05, 4.69) is 25.7 Å². The van der Waals surface area contributed by atoms with Gasteiger partial charge in [-0.2, -0.15) is 10.2 Å². The SMILES string of the molecule is Nc1cn[nH]c1C(=O)Nc1ccc(=O)[nH]n1. The van der Waals surface area contributed by atoms with Crippen LogP contribution in [0.2, 0.25) is 0 Å². The Morgan fingerprint density at radius 2 is 2.19 bits per heavy atom. The number of hydrogen-bond acceptors (Lipinski definition) is 5. The highest BCUT2D eigenvalue weighted by Gasteiger charge is 2.12. The summed E-state index contributed by atoms with van der Waals surface area (Å²) in [5.74, 6) is -0.256. The lowest BCUT2D eigenvalue weighted by Crippen LogP contribution is -2.17. The van der Waals surface area contributed by atoms with Crippen LogP contribution in [0.3, 0.4) is 0 Å². The smallest absolute Gasteiger partial charge is 0.277 e. The zero-order valence-corrected chi connectivity index (χ0v) is 8.02. The number of nitrogen functional groups attached to an aromatic ring is 1. The second-order valence-corrected chi connectivity index (χ2v) is 2.96. The molecule has 0 radical (unpaired) electrons. The maximum absolute atomic E-state index is 11.6. The topological polar surface area (TPSA) is 130 Å². The minimum Gasteiger partial charge on any atom is -0.396 e. The molecule has 5 N–H and O–H groups in total. The van der Waals surface area contributed by atoms with Crippen molar-refractivity contribution >= 4 is 17.4 Å². The lowest BCUT2D eigenvalue weighted by atomic mass is 10.3. The van der Waals surface area contributed by atoms with E-state index in [0.717, 1.165) is 0 Å². The number of carbonyl (C=O) groups excluding carboxylic acids is 1. The van der Waals surface area contributed by atoms with Crippen LogP contribution < -0.4 is 16.6 Å². The number of hydrogen-bond donors (Lipinski definition) is 4. The quantitative estimate of drug-likeness (QED) is 0.533. The first kappa shape index (κ1) is 9.90. The Morgan fingerprint density at radius 1 is 1.38 bits per heavy atom. The number of anilines is 2. The zero-order chi connectivity index (χ0) is 11.5. The van der Waals surface area contributed by atoms with Crippen LogP contribution in [0.15, 0.2) is 23.1 Å². The number of aromatic amines is 2. The summed E-state index contributed by atoms with van der Waals surface area (Å²) in [6, 6.07) is 2.63. The molecule has 8 heteroatoms. The van der Waals surface area contributed by atoms with Crippen molar-refractivity contribution in [2.45, 2.75) is 0 Å². The molecule has 0 spiro atoms. The van der Waals surface area contributed by atoms with Crippen molar-refractivity contribution in [1.29, 1.82) is 0 Å². The van der Waals surface area contributed by atoms with E-state index in [1.807, 2.05) is 0 Å². The largest absolute Gasteiger partial charge is 0.396 e. The summed E-state index contributed by atoms with van der Waals surface area (Å²) in [7, 11) is 0. The van der Waals surface area contributed by atoms with E-state index in [0.29, 0.717) is 0 Å². The molecule has 1 amide bonds. The third-order valence-corrected chi connectivity index (χ3v) is 1.82. The van der Waals surface area contributed by atoms with E-state index >= 15 is 0 Å². The van der Waals surface area contributed by atoms with Crippen molar-refractivity contribution in [2.75, 3.05) is 11.1 Å². The highest BCUT2D eigenvalue weighted by Crippen LogP contribution is 2.08. The number of rotatable bonds is 2. The van der Waals surface area contributed by atoms with Gasteiger partial charge in [0.2, 0.25) is 0 Å². The minimum absolute atomic E-state index is 0.146. The van der Waals surface area contributed by atoms with Gasteiger partial charge in [-0.3, -0.25) is 14.7 Å². The molecule has 0 aliphatic heterocycles. The molecule has 0 atom stereocenters. The summed E-state index contributed by atoms with van der Waals surface area (Å²) in [5, 5.41) is 14.3. The summed E-state index contributed by atoms with van der Waals surface area (Å²) >= 11 is 0. The van der Waals surface area contributed by atoms with Crippen LogP contribution in [-0.4, -0.2) is 26.3 Å². The molecule has 0 bridgehead atoms. The van der Waals surface area contributed by atoms with Crippen molar-refractivity contribution < 1.29 is 4.79 Å². The molecular weight excluding hydrogens is 212 g/mol. The van der Waals surface area contributed by atoms with Crippen molar-refractivity contribution in [1.82, 2.24) is 20.4 Å². The highest BCUT2D eigenvalue weighted by atomic mass is 16.2. The lowest BCUT2D eigenvalue weighted by molar-refractivity contribution is 0.102.